The number of aryl methyl sites for hydroxylation is 1. The van der Waals surface area contributed by atoms with Crippen LogP contribution in [0.1, 0.15) is 53.6 Å². The van der Waals surface area contributed by atoms with Crippen molar-refractivity contribution in [2.24, 2.45) is 5.92 Å². The minimum atomic E-state index is -4.79. The highest BCUT2D eigenvalue weighted by Crippen LogP contribution is 2.33. The fourth-order valence-corrected chi connectivity index (χ4v) is 4.75. The van der Waals surface area contributed by atoms with Crippen molar-refractivity contribution in [2.75, 3.05) is 0 Å². The van der Waals surface area contributed by atoms with Crippen molar-refractivity contribution in [3.63, 3.8) is 0 Å². The molecule has 1 aliphatic rings. The molecule has 3 aromatic rings. The topological polar surface area (TPSA) is 84.9 Å². The summed E-state index contributed by atoms with van der Waals surface area (Å²) in [7, 11) is 0. The van der Waals surface area contributed by atoms with E-state index < -0.39 is 24.3 Å². The Morgan fingerprint density at radius 1 is 1.03 bits per heavy atom. The zero-order valence-electron chi connectivity index (χ0n) is 20.3. The Bertz CT molecular complexity index is 1270. The van der Waals surface area contributed by atoms with Gasteiger partial charge in [0.05, 0.1) is 5.56 Å². The van der Waals surface area contributed by atoms with Crippen LogP contribution >= 0.6 is 0 Å². The monoisotopic (exact) mass is 515 g/mol. The maximum atomic E-state index is 13.4. The predicted octanol–water partition coefficient (Wildman–Crippen LogP) is 6.39. The second kappa shape index (κ2) is 11.1. The van der Waals surface area contributed by atoms with Crippen molar-refractivity contribution in [1.82, 2.24) is 5.32 Å². The van der Waals surface area contributed by atoms with Crippen LogP contribution in [0, 0.1) is 12.8 Å². The van der Waals surface area contributed by atoms with Crippen LogP contribution in [0.2, 0.25) is 0 Å². The van der Waals surface area contributed by atoms with Crippen LogP contribution in [0.4, 0.5) is 13.2 Å². The number of fused-ring (bicyclic) bond motifs is 1. The van der Waals surface area contributed by atoms with E-state index in [1.807, 2.05) is 25.1 Å². The van der Waals surface area contributed by atoms with Gasteiger partial charge in [-0.15, -0.1) is 13.2 Å². The van der Waals surface area contributed by atoms with Crippen LogP contribution < -0.4 is 14.8 Å². The van der Waals surface area contributed by atoms with Crippen molar-refractivity contribution < 1.29 is 37.3 Å². The highest BCUT2D eigenvalue weighted by atomic mass is 19.4. The molecule has 0 spiro atoms. The molecule has 0 radical (unpaired) electrons. The lowest BCUT2D eigenvalue weighted by molar-refractivity contribution is -0.274. The standard InChI is InChI=1S/C28H28F3NO5/c1-17-7-10-19-11-14-22(26(33)32-24(27(34)35)20-5-3-2-4-6-20)25(23(19)15-17)36-16-18-8-12-21(13-9-18)37-28(29,30)31/h7-15,20,24H,2-6,16H2,1H3,(H,32,33)(H,34,35)/t24-/m0/s1. The number of ether oxygens (including phenoxy) is 2. The summed E-state index contributed by atoms with van der Waals surface area (Å²) in [4.78, 5) is 25.4. The van der Waals surface area contributed by atoms with Gasteiger partial charge in [-0.05, 0) is 60.9 Å². The number of carbonyl (C=O) groups is 2. The molecule has 0 bridgehead atoms. The van der Waals surface area contributed by atoms with Gasteiger partial charge < -0.3 is 19.9 Å². The summed E-state index contributed by atoms with van der Waals surface area (Å²) in [6, 6.07) is 13.3. The normalized spacial score (nSPS) is 15.2. The minimum Gasteiger partial charge on any atom is -0.487 e. The molecule has 0 saturated heterocycles. The van der Waals surface area contributed by atoms with Gasteiger partial charge in [0.15, 0.2) is 0 Å². The lowest BCUT2D eigenvalue weighted by atomic mass is 9.83. The van der Waals surface area contributed by atoms with Crippen molar-refractivity contribution in [3.8, 4) is 11.5 Å². The molecule has 1 fully saturated rings. The van der Waals surface area contributed by atoms with Crippen LogP contribution in [-0.2, 0) is 11.4 Å². The Kier molecular flexibility index (Phi) is 7.90. The molecule has 0 aliphatic heterocycles. The van der Waals surface area contributed by atoms with Gasteiger partial charge in [-0.25, -0.2) is 4.79 Å². The third kappa shape index (κ3) is 6.72. The molecule has 4 rings (SSSR count). The molecule has 0 aromatic heterocycles. The van der Waals surface area contributed by atoms with E-state index in [0.29, 0.717) is 10.9 Å². The summed E-state index contributed by atoms with van der Waals surface area (Å²) < 4.78 is 47.3. The fraction of sp³-hybridized carbons (Fsp3) is 0.357. The Morgan fingerprint density at radius 2 is 1.70 bits per heavy atom. The van der Waals surface area contributed by atoms with E-state index in [9.17, 15) is 27.9 Å². The molecule has 6 nitrogen and oxygen atoms in total. The van der Waals surface area contributed by atoms with E-state index in [0.717, 1.165) is 43.1 Å². The highest BCUT2D eigenvalue weighted by molar-refractivity contribution is 6.05. The van der Waals surface area contributed by atoms with Gasteiger partial charge in [0, 0.05) is 5.39 Å². The van der Waals surface area contributed by atoms with Crippen LogP contribution in [0.25, 0.3) is 10.8 Å². The molecule has 37 heavy (non-hydrogen) atoms. The van der Waals surface area contributed by atoms with E-state index in [-0.39, 0.29) is 29.6 Å². The lowest BCUT2D eigenvalue weighted by Gasteiger charge is -2.28. The molecule has 3 aromatic carbocycles. The van der Waals surface area contributed by atoms with Gasteiger partial charge in [0.2, 0.25) is 0 Å². The van der Waals surface area contributed by atoms with E-state index in [1.165, 1.54) is 24.3 Å². The molecule has 1 atom stereocenters. The first-order chi connectivity index (χ1) is 17.6. The van der Waals surface area contributed by atoms with Crippen LogP contribution in [-0.4, -0.2) is 29.4 Å². The molecule has 1 saturated carbocycles. The van der Waals surface area contributed by atoms with E-state index in [1.54, 1.807) is 12.1 Å². The Morgan fingerprint density at radius 3 is 2.35 bits per heavy atom. The van der Waals surface area contributed by atoms with Crippen LogP contribution in [0.15, 0.2) is 54.6 Å². The van der Waals surface area contributed by atoms with Gasteiger partial charge in [-0.3, -0.25) is 4.79 Å². The number of hydrogen-bond acceptors (Lipinski definition) is 4. The third-order valence-corrected chi connectivity index (χ3v) is 6.59. The fourth-order valence-electron chi connectivity index (χ4n) is 4.75. The first-order valence-electron chi connectivity index (χ1n) is 12.2. The lowest BCUT2D eigenvalue weighted by Crippen LogP contribution is -2.46. The van der Waals surface area contributed by atoms with E-state index in [4.69, 9.17) is 4.74 Å². The SMILES string of the molecule is Cc1ccc2ccc(C(=O)N[C@H](C(=O)O)C3CCCCC3)c(OCc3ccc(OC(F)(F)F)cc3)c2c1. The van der Waals surface area contributed by atoms with Gasteiger partial charge in [-0.2, -0.15) is 0 Å². The minimum absolute atomic E-state index is 0.0232. The molecule has 9 heteroatoms. The number of carboxylic acids is 1. The van der Waals surface area contributed by atoms with Gasteiger partial charge in [-0.1, -0.05) is 55.2 Å². The Hall–Kier alpha value is -3.75. The van der Waals surface area contributed by atoms with Gasteiger partial charge in [0.1, 0.15) is 24.1 Å². The van der Waals surface area contributed by atoms with E-state index in [2.05, 4.69) is 10.1 Å². The maximum absolute atomic E-state index is 13.4. The molecule has 2 N–H and O–H groups in total. The second-order valence-electron chi connectivity index (χ2n) is 9.33. The van der Waals surface area contributed by atoms with Crippen molar-refractivity contribution in [1.29, 1.82) is 0 Å². The van der Waals surface area contributed by atoms with Crippen molar-refractivity contribution in [2.45, 2.75) is 58.0 Å². The first-order valence-corrected chi connectivity index (χ1v) is 12.2. The molecule has 1 amide bonds. The molecule has 1 aliphatic carbocycles. The number of halogens is 3. The van der Waals surface area contributed by atoms with Crippen LogP contribution in [0.3, 0.4) is 0 Å². The number of rotatable bonds is 8. The van der Waals surface area contributed by atoms with Crippen LogP contribution in [0.5, 0.6) is 11.5 Å². The zero-order chi connectivity index (χ0) is 26.6. The summed E-state index contributed by atoms with van der Waals surface area (Å²) >= 11 is 0. The number of carbonyl (C=O) groups excluding carboxylic acids is 1. The summed E-state index contributed by atoms with van der Waals surface area (Å²) in [6.45, 7) is 1.88. The summed E-state index contributed by atoms with van der Waals surface area (Å²) in [5.74, 6) is -1.83. The molecule has 196 valence electrons. The number of aliphatic carboxylic acids is 1. The summed E-state index contributed by atoms with van der Waals surface area (Å²) in [5, 5.41) is 14.0. The second-order valence-corrected chi connectivity index (χ2v) is 9.33. The number of alkyl halides is 3. The zero-order valence-corrected chi connectivity index (χ0v) is 20.3. The molecule has 0 unspecified atom stereocenters. The largest absolute Gasteiger partial charge is 0.573 e. The molecular formula is C28H28F3NO5. The summed E-state index contributed by atoms with van der Waals surface area (Å²) in [6.07, 6.45) is -0.382. The average molecular weight is 516 g/mol. The number of hydrogen-bond donors (Lipinski definition) is 2. The smallest absolute Gasteiger partial charge is 0.487 e. The van der Waals surface area contributed by atoms with Crippen molar-refractivity contribution >= 4 is 22.6 Å². The maximum Gasteiger partial charge on any atom is 0.573 e. The first kappa shape index (κ1) is 26.3. The Balaban J connectivity index is 1.60. The van der Waals surface area contributed by atoms with Gasteiger partial charge in [0.25, 0.3) is 5.91 Å². The summed E-state index contributed by atoms with van der Waals surface area (Å²) in [5.41, 5.74) is 1.70. The highest BCUT2D eigenvalue weighted by Gasteiger charge is 2.32. The molecular weight excluding hydrogens is 487 g/mol. The Labute approximate surface area is 212 Å². The predicted molar refractivity (Wildman–Crippen MR) is 132 cm³/mol. The quantitative estimate of drug-likeness (QED) is 0.363. The number of nitrogens with one attached hydrogen (secondary N) is 1. The van der Waals surface area contributed by atoms with Gasteiger partial charge >= 0.3 is 12.3 Å². The molecule has 0 heterocycles. The average Bonchev–Trinajstić information content (AvgIpc) is 2.86. The number of amides is 1. The van der Waals surface area contributed by atoms with E-state index >= 15 is 0 Å². The number of carboxylic acid groups (broad SMARTS) is 1. The van der Waals surface area contributed by atoms with Crippen molar-refractivity contribution in [3.05, 3.63) is 71.3 Å². The third-order valence-electron chi connectivity index (χ3n) is 6.59. The number of benzene rings is 3.